The summed E-state index contributed by atoms with van der Waals surface area (Å²) in [5, 5.41) is 39.1. The van der Waals surface area contributed by atoms with Crippen molar-refractivity contribution in [2.75, 3.05) is 9.80 Å². The summed E-state index contributed by atoms with van der Waals surface area (Å²) in [5.74, 6) is 1.10. The van der Waals surface area contributed by atoms with E-state index in [0.717, 1.165) is 11.1 Å². The Morgan fingerprint density at radius 1 is 0.478 bits per heavy atom. The van der Waals surface area contributed by atoms with Crippen LogP contribution in [-0.2, 0) is 10.8 Å². The Kier molecular flexibility index (Phi) is 6.81. The Labute approximate surface area is 265 Å². The number of benzene rings is 2. The van der Waals surface area contributed by atoms with Crippen molar-refractivity contribution in [1.29, 1.82) is 21.0 Å². The number of nitriles is 4. The lowest BCUT2D eigenvalue weighted by Crippen LogP contribution is -2.46. The molecule has 2 aromatic heterocycles. The normalized spacial score (nSPS) is 13.5. The lowest BCUT2D eigenvalue weighted by molar-refractivity contribution is 0.590. The van der Waals surface area contributed by atoms with Crippen LogP contribution in [-0.4, -0.2) is 31.6 Å². The monoisotopic (exact) mass is 602 g/mol. The van der Waals surface area contributed by atoms with E-state index in [0.29, 0.717) is 11.4 Å². The number of hydrogen-bond acceptors (Lipinski definition) is 12. The summed E-state index contributed by atoms with van der Waals surface area (Å²) in [7, 11) is 0. The summed E-state index contributed by atoms with van der Waals surface area (Å²) in [4.78, 5) is 31.0. The summed E-state index contributed by atoms with van der Waals surface area (Å²) in [6, 6.07) is 23.4. The highest BCUT2D eigenvalue weighted by Crippen LogP contribution is 2.44. The van der Waals surface area contributed by atoms with Gasteiger partial charge in [0.1, 0.15) is 24.3 Å². The molecule has 0 saturated heterocycles. The largest absolute Gasteiger partial charge is 0.273 e. The van der Waals surface area contributed by atoms with Gasteiger partial charge in [-0.2, -0.15) is 21.0 Å². The predicted molar refractivity (Wildman–Crippen MR) is 172 cm³/mol. The van der Waals surface area contributed by atoms with Crippen LogP contribution in [0.3, 0.4) is 0 Å². The van der Waals surface area contributed by atoms with Gasteiger partial charge in [0, 0.05) is 11.4 Å². The first kappa shape index (κ1) is 29.6. The second-order valence-corrected chi connectivity index (χ2v) is 12.7. The molecule has 0 saturated carbocycles. The first-order valence-corrected chi connectivity index (χ1v) is 14.3. The molecule has 2 aliphatic rings. The molecule has 0 amide bonds. The van der Waals surface area contributed by atoms with Gasteiger partial charge in [-0.1, -0.05) is 65.8 Å². The molecule has 2 aliphatic heterocycles. The van der Waals surface area contributed by atoms with Crippen molar-refractivity contribution in [2.24, 2.45) is 9.98 Å². The summed E-state index contributed by atoms with van der Waals surface area (Å²) in [6.07, 6.45) is 0. The molecule has 46 heavy (non-hydrogen) atoms. The number of amidine groups is 2. The highest BCUT2D eigenvalue weighted by Gasteiger charge is 2.40. The highest BCUT2D eigenvalue weighted by molar-refractivity contribution is 6.55. The number of anilines is 4. The van der Waals surface area contributed by atoms with E-state index in [1.54, 1.807) is 9.80 Å². The SMILES string of the molecule is CC(C)(C)c1ccc(N2C3=Nc4nc(C#N)c(C#N)nc4N(c4ccc(C(C)(C)C)cc4)C3=Nc3nc(C#N)c(C#N)nc32)cc1. The van der Waals surface area contributed by atoms with E-state index in [-0.39, 0.29) is 68.5 Å². The number of fused-ring (bicyclic) bond motifs is 3. The van der Waals surface area contributed by atoms with Crippen molar-refractivity contribution in [3.05, 3.63) is 82.4 Å². The van der Waals surface area contributed by atoms with Crippen LogP contribution >= 0.6 is 0 Å². The molecule has 0 radical (unpaired) electrons. The van der Waals surface area contributed by atoms with Crippen LogP contribution in [0.1, 0.15) is 75.4 Å². The number of rotatable bonds is 2. The van der Waals surface area contributed by atoms with Crippen LogP contribution in [0, 0.1) is 45.3 Å². The lowest BCUT2D eigenvalue weighted by Gasteiger charge is -2.37. The molecule has 4 aromatic rings. The Morgan fingerprint density at radius 3 is 1.07 bits per heavy atom. The fourth-order valence-electron chi connectivity index (χ4n) is 5.11. The Morgan fingerprint density at radius 2 is 0.783 bits per heavy atom. The molecule has 222 valence electrons. The minimum absolute atomic E-state index is 0.0891. The average molecular weight is 603 g/mol. The van der Waals surface area contributed by atoms with Crippen LogP contribution in [0.2, 0.25) is 0 Å². The molecular weight excluding hydrogens is 576 g/mol. The van der Waals surface area contributed by atoms with E-state index in [1.807, 2.05) is 72.8 Å². The number of hydrogen-bond donors (Lipinski definition) is 0. The number of aliphatic imine (C=N–C) groups is 2. The van der Waals surface area contributed by atoms with Crippen molar-refractivity contribution in [3.63, 3.8) is 0 Å². The first-order valence-electron chi connectivity index (χ1n) is 14.3. The molecule has 0 unspecified atom stereocenters. The molecule has 0 bridgehead atoms. The van der Waals surface area contributed by atoms with Crippen LogP contribution in [0.25, 0.3) is 0 Å². The second-order valence-electron chi connectivity index (χ2n) is 12.7. The third-order valence-corrected chi connectivity index (χ3v) is 7.60. The summed E-state index contributed by atoms with van der Waals surface area (Å²) < 4.78 is 0. The first-order chi connectivity index (χ1) is 21.9. The molecule has 0 fully saturated rings. The van der Waals surface area contributed by atoms with E-state index < -0.39 is 0 Å². The van der Waals surface area contributed by atoms with E-state index in [9.17, 15) is 21.0 Å². The van der Waals surface area contributed by atoms with Crippen molar-refractivity contribution in [3.8, 4) is 24.3 Å². The van der Waals surface area contributed by atoms with E-state index in [2.05, 4.69) is 61.5 Å². The highest BCUT2D eigenvalue weighted by atomic mass is 15.4. The van der Waals surface area contributed by atoms with Crippen molar-refractivity contribution >= 4 is 46.3 Å². The smallest absolute Gasteiger partial charge is 0.199 e. The quantitative estimate of drug-likeness (QED) is 0.249. The van der Waals surface area contributed by atoms with Crippen LogP contribution in [0.5, 0.6) is 0 Å². The van der Waals surface area contributed by atoms with Gasteiger partial charge >= 0.3 is 0 Å². The van der Waals surface area contributed by atoms with Gasteiger partial charge in [0.15, 0.2) is 57.7 Å². The molecule has 0 spiro atoms. The minimum Gasteiger partial charge on any atom is -0.273 e. The third-order valence-electron chi connectivity index (χ3n) is 7.60. The van der Waals surface area contributed by atoms with E-state index >= 15 is 0 Å². The Hall–Kier alpha value is -6.50. The van der Waals surface area contributed by atoms with E-state index in [4.69, 9.17) is 9.98 Å². The van der Waals surface area contributed by atoms with Gasteiger partial charge in [0.05, 0.1) is 0 Å². The van der Waals surface area contributed by atoms with Crippen LogP contribution in [0.4, 0.5) is 34.6 Å². The van der Waals surface area contributed by atoms with Crippen LogP contribution < -0.4 is 9.80 Å². The molecule has 6 rings (SSSR count). The zero-order valence-electron chi connectivity index (χ0n) is 26.0. The van der Waals surface area contributed by atoms with Gasteiger partial charge in [0.2, 0.25) is 0 Å². The molecule has 0 N–H and O–H groups in total. The van der Waals surface area contributed by atoms with Crippen LogP contribution in [0.15, 0.2) is 58.5 Å². The molecule has 0 aliphatic carbocycles. The van der Waals surface area contributed by atoms with Gasteiger partial charge in [-0.15, -0.1) is 0 Å². The topological polar surface area (TPSA) is 178 Å². The average Bonchev–Trinajstić information content (AvgIpc) is 3.04. The fourth-order valence-corrected chi connectivity index (χ4v) is 5.11. The zero-order chi connectivity index (χ0) is 33.0. The van der Waals surface area contributed by atoms with Gasteiger partial charge < -0.3 is 0 Å². The molecule has 0 atom stereocenters. The maximum atomic E-state index is 9.80. The van der Waals surface area contributed by atoms with Gasteiger partial charge in [-0.3, -0.25) is 9.80 Å². The summed E-state index contributed by atoms with van der Waals surface area (Å²) >= 11 is 0. The maximum absolute atomic E-state index is 9.80. The molecule has 2 aromatic carbocycles. The Bertz CT molecular complexity index is 2000. The minimum atomic E-state index is -0.170. The van der Waals surface area contributed by atoms with Crippen molar-refractivity contribution < 1.29 is 0 Å². The van der Waals surface area contributed by atoms with Crippen molar-refractivity contribution in [1.82, 2.24) is 19.9 Å². The second kappa shape index (κ2) is 10.6. The van der Waals surface area contributed by atoms with Gasteiger partial charge in [-0.05, 0) is 46.2 Å². The van der Waals surface area contributed by atoms with Crippen molar-refractivity contribution in [2.45, 2.75) is 52.4 Å². The van der Waals surface area contributed by atoms with Gasteiger partial charge in [0.25, 0.3) is 0 Å². The lowest BCUT2D eigenvalue weighted by atomic mass is 9.87. The number of aromatic nitrogens is 4. The fraction of sp³-hybridized carbons (Fsp3) is 0.235. The molecule has 12 heteroatoms. The molecule has 4 heterocycles. The standard InChI is InChI=1S/C34H26N12/c1-33(2,3)19-7-11-21(12-8-19)45-29-27(39-23(15-35)25(17-37)41-29)44-32-31(45)43-28-30(42-26(18-38)24(16-36)40-28)46(32)22-13-9-20(10-14-22)34(4,5)6/h7-14H,1-6H3. The third kappa shape index (κ3) is 4.85. The number of nitrogens with zero attached hydrogens (tertiary/aromatic N) is 12. The molecule has 12 nitrogen and oxygen atoms in total. The maximum Gasteiger partial charge on any atom is 0.199 e. The Balaban J connectivity index is 1.68. The summed E-state index contributed by atoms with van der Waals surface area (Å²) in [6.45, 7) is 12.7. The van der Waals surface area contributed by atoms with Gasteiger partial charge in [-0.25, -0.2) is 29.9 Å². The van der Waals surface area contributed by atoms with E-state index in [1.165, 1.54) is 0 Å². The zero-order valence-corrected chi connectivity index (χ0v) is 26.0. The molecular formula is C34H26N12. The summed E-state index contributed by atoms with van der Waals surface area (Å²) in [5.41, 5.74) is 2.58. The predicted octanol–water partition coefficient (Wildman–Crippen LogP) is 6.41.